The van der Waals surface area contributed by atoms with E-state index in [1.165, 1.54) is 5.56 Å². The Morgan fingerprint density at radius 1 is 1.30 bits per heavy atom. The SMILES string of the molecule is CN(Cc1ccccc1)C1C=CCN(C(=O)OC(C)(C)C)CC1. The number of carbonyl (C=O) groups excluding carboxylic acids is 1. The van der Waals surface area contributed by atoms with Crippen molar-refractivity contribution in [2.45, 2.75) is 45.4 Å². The fourth-order valence-corrected chi connectivity index (χ4v) is 2.67. The van der Waals surface area contributed by atoms with Gasteiger partial charge in [0.25, 0.3) is 0 Å². The molecule has 1 heterocycles. The van der Waals surface area contributed by atoms with Crippen LogP contribution in [0.25, 0.3) is 0 Å². The summed E-state index contributed by atoms with van der Waals surface area (Å²) in [5.74, 6) is 0. The van der Waals surface area contributed by atoms with Crippen molar-refractivity contribution in [1.29, 1.82) is 0 Å². The molecule has 1 aromatic carbocycles. The van der Waals surface area contributed by atoms with Gasteiger partial charge < -0.3 is 9.64 Å². The van der Waals surface area contributed by atoms with Gasteiger partial charge in [0.1, 0.15) is 5.60 Å². The first-order valence-corrected chi connectivity index (χ1v) is 8.24. The highest BCUT2D eigenvalue weighted by Gasteiger charge is 2.24. The van der Waals surface area contributed by atoms with Gasteiger partial charge in [0, 0.05) is 25.7 Å². The van der Waals surface area contributed by atoms with Crippen LogP contribution < -0.4 is 0 Å². The van der Waals surface area contributed by atoms with Crippen LogP contribution in [-0.4, -0.2) is 47.7 Å². The van der Waals surface area contributed by atoms with Crippen LogP contribution in [0.1, 0.15) is 32.8 Å². The van der Waals surface area contributed by atoms with Gasteiger partial charge in [-0.2, -0.15) is 0 Å². The molecule has 2 rings (SSSR count). The lowest BCUT2D eigenvalue weighted by Gasteiger charge is -2.28. The smallest absolute Gasteiger partial charge is 0.410 e. The zero-order valence-electron chi connectivity index (χ0n) is 14.7. The van der Waals surface area contributed by atoms with Gasteiger partial charge in [-0.1, -0.05) is 42.5 Å². The quantitative estimate of drug-likeness (QED) is 0.797. The Bertz CT molecular complexity index is 534. The lowest BCUT2D eigenvalue weighted by Crippen LogP contribution is -2.38. The van der Waals surface area contributed by atoms with Crippen molar-refractivity contribution in [3.63, 3.8) is 0 Å². The maximum absolute atomic E-state index is 12.2. The van der Waals surface area contributed by atoms with E-state index in [9.17, 15) is 4.79 Å². The van der Waals surface area contributed by atoms with E-state index in [2.05, 4.69) is 48.4 Å². The Hall–Kier alpha value is -1.81. The van der Waals surface area contributed by atoms with E-state index >= 15 is 0 Å². The number of ether oxygens (including phenoxy) is 1. The van der Waals surface area contributed by atoms with Crippen LogP contribution in [0.4, 0.5) is 4.79 Å². The van der Waals surface area contributed by atoms with Gasteiger partial charge in [0.2, 0.25) is 0 Å². The third kappa shape index (κ3) is 5.71. The van der Waals surface area contributed by atoms with Gasteiger partial charge in [-0.25, -0.2) is 4.79 Å². The summed E-state index contributed by atoms with van der Waals surface area (Å²) in [5, 5.41) is 0. The molecule has 0 radical (unpaired) electrons. The molecule has 0 bridgehead atoms. The number of amides is 1. The summed E-state index contributed by atoms with van der Waals surface area (Å²) in [6.45, 7) is 7.93. The average molecular weight is 316 g/mol. The van der Waals surface area contributed by atoms with Gasteiger partial charge >= 0.3 is 6.09 Å². The lowest BCUT2D eigenvalue weighted by atomic mass is 10.1. The molecule has 1 aliphatic rings. The van der Waals surface area contributed by atoms with Crippen LogP contribution in [0, 0.1) is 0 Å². The highest BCUT2D eigenvalue weighted by atomic mass is 16.6. The highest BCUT2D eigenvalue weighted by Crippen LogP contribution is 2.16. The molecule has 4 heteroatoms. The number of hydrogen-bond donors (Lipinski definition) is 0. The fraction of sp³-hybridized carbons (Fsp3) is 0.526. The van der Waals surface area contributed by atoms with E-state index in [1.54, 1.807) is 4.90 Å². The Morgan fingerprint density at radius 2 is 2.00 bits per heavy atom. The van der Waals surface area contributed by atoms with E-state index in [4.69, 9.17) is 4.74 Å². The van der Waals surface area contributed by atoms with Gasteiger partial charge in [-0.15, -0.1) is 0 Å². The summed E-state index contributed by atoms with van der Waals surface area (Å²) in [6.07, 6.45) is 4.96. The van der Waals surface area contributed by atoms with Gasteiger partial charge in [-0.3, -0.25) is 4.90 Å². The first-order valence-electron chi connectivity index (χ1n) is 8.24. The van der Waals surface area contributed by atoms with E-state index in [0.717, 1.165) is 13.0 Å². The predicted octanol–water partition coefficient (Wildman–Crippen LogP) is 3.68. The first-order chi connectivity index (χ1) is 10.8. The monoisotopic (exact) mass is 316 g/mol. The zero-order valence-corrected chi connectivity index (χ0v) is 14.7. The summed E-state index contributed by atoms with van der Waals surface area (Å²) >= 11 is 0. The Labute approximate surface area is 139 Å². The normalized spacial score (nSPS) is 18.8. The van der Waals surface area contributed by atoms with Crippen molar-refractivity contribution in [1.82, 2.24) is 9.80 Å². The molecule has 1 atom stereocenters. The molecule has 23 heavy (non-hydrogen) atoms. The Morgan fingerprint density at radius 3 is 2.65 bits per heavy atom. The molecule has 1 aromatic rings. The number of hydrogen-bond acceptors (Lipinski definition) is 3. The van der Waals surface area contributed by atoms with E-state index in [1.807, 2.05) is 26.8 Å². The lowest BCUT2D eigenvalue weighted by molar-refractivity contribution is 0.0266. The Balaban J connectivity index is 1.89. The molecule has 0 fully saturated rings. The van der Waals surface area contributed by atoms with Crippen LogP contribution >= 0.6 is 0 Å². The maximum Gasteiger partial charge on any atom is 0.410 e. The van der Waals surface area contributed by atoms with E-state index < -0.39 is 5.60 Å². The van der Waals surface area contributed by atoms with E-state index in [-0.39, 0.29) is 6.09 Å². The molecule has 0 aromatic heterocycles. The van der Waals surface area contributed by atoms with Gasteiger partial charge in [-0.05, 0) is 39.8 Å². The number of nitrogens with zero attached hydrogens (tertiary/aromatic N) is 2. The molecule has 0 saturated carbocycles. The highest BCUT2D eigenvalue weighted by molar-refractivity contribution is 5.68. The molecule has 1 aliphatic heterocycles. The van der Waals surface area contributed by atoms with Crippen molar-refractivity contribution in [3.8, 4) is 0 Å². The molecular formula is C19H28N2O2. The topological polar surface area (TPSA) is 32.8 Å². The second-order valence-corrected chi connectivity index (χ2v) is 7.11. The third-order valence-electron chi connectivity index (χ3n) is 3.87. The summed E-state index contributed by atoms with van der Waals surface area (Å²) < 4.78 is 5.46. The van der Waals surface area contributed by atoms with Crippen molar-refractivity contribution in [3.05, 3.63) is 48.0 Å². The van der Waals surface area contributed by atoms with E-state index in [0.29, 0.717) is 19.1 Å². The van der Waals surface area contributed by atoms with Crippen LogP contribution in [0.2, 0.25) is 0 Å². The third-order valence-corrected chi connectivity index (χ3v) is 3.87. The van der Waals surface area contributed by atoms with Crippen LogP contribution in [0.5, 0.6) is 0 Å². The molecule has 0 spiro atoms. The second-order valence-electron chi connectivity index (χ2n) is 7.11. The molecule has 0 aliphatic carbocycles. The first kappa shape index (κ1) is 17.5. The Kier molecular flexibility index (Phi) is 5.83. The van der Waals surface area contributed by atoms with Crippen LogP contribution in [-0.2, 0) is 11.3 Å². The van der Waals surface area contributed by atoms with Crippen LogP contribution in [0.15, 0.2) is 42.5 Å². The number of carbonyl (C=O) groups is 1. The molecule has 0 N–H and O–H groups in total. The molecule has 4 nitrogen and oxygen atoms in total. The van der Waals surface area contributed by atoms with Crippen molar-refractivity contribution < 1.29 is 9.53 Å². The minimum atomic E-state index is -0.448. The summed E-state index contributed by atoms with van der Waals surface area (Å²) in [4.78, 5) is 16.3. The van der Waals surface area contributed by atoms with Crippen LogP contribution in [0.3, 0.4) is 0 Å². The second kappa shape index (κ2) is 7.64. The number of rotatable bonds is 3. The minimum Gasteiger partial charge on any atom is -0.444 e. The standard InChI is InChI=1S/C19H28N2O2/c1-19(2,3)23-18(22)21-13-8-11-17(12-14-21)20(4)15-16-9-6-5-7-10-16/h5-11,17H,12-15H2,1-4H3. The van der Waals surface area contributed by atoms with Gasteiger partial charge in [0.05, 0.1) is 0 Å². The maximum atomic E-state index is 12.2. The summed E-state index contributed by atoms with van der Waals surface area (Å²) in [5.41, 5.74) is 0.855. The average Bonchev–Trinajstić information content (AvgIpc) is 2.72. The van der Waals surface area contributed by atoms with Gasteiger partial charge in [0.15, 0.2) is 0 Å². The molecular weight excluding hydrogens is 288 g/mol. The van der Waals surface area contributed by atoms with Crippen molar-refractivity contribution >= 4 is 6.09 Å². The predicted molar refractivity (Wildman–Crippen MR) is 93.3 cm³/mol. The number of likely N-dealkylation sites (N-methyl/N-ethyl adjacent to an activating group) is 1. The molecule has 126 valence electrons. The summed E-state index contributed by atoms with van der Waals surface area (Å²) in [6, 6.07) is 10.8. The zero-order chi connectivity index (χ0) is 16.9. The number of benzene rings is 1. The fourth-order valence-electron chi connectivity index (χ4n) is 2.67. The molecule has 0 saturated heterocycles. The largest absolute Gasteiger partial charge is 0.444 e. The molecule has 1 unspecified atom stereocenters. The van der Waals surface area contributed by atoms with Crippen molar-refractivity contribution in [2.24, 2.45) is 0 Å². The van der Waals surface area contributed by atoms with Crippen molar-refractivity contribution in [2.75, 3.05) is 20.1 Å². The minimum absolute atomic E-state index is 0.228. The molecule has 1 amide bonds. The summed E-state index contributed by atoms with van der Waals surface area (Å²) in [7, 11) is 2.13.